The molecular formula is C22H24N2O3. The van der Waals surface area contributed by atoms with Crippen LogP contribution in [0.5, 0.6) is 11.5 Å². The van der Waals surface area contributed by atoms with Gasteiger partial charge in [-0.05, 0) is 43.3 Å². The third kappa shape index (κ3) is 5.07. The molecule has 0 aliphatic heterocycles. The maximum atomic E-state index is 12.2. The number of rotatable bonds is 5. The van der Waals surface area contributed by atoms with E-state index in [-0.39, 0.29) is 11.5 Å². The first kappa shape index (κ1) is 20.0. The fourth-order valence-electron chi connectivity index (χ4n) is 2.40. The van der Waals surface area contributed by atoms with Crippen LogP contribution in [0.4, 0.5) is 0 Å². The average Bonchev–Trinajstić information content (AvgIpc) is 3.17. The number of carbonyl (C=O) groups excluding carboxylic acids is 1. The number of H-pyrrole nitrogens is 1. The highest BCUT2D eigenvalue weighted by Crippen LogP contribution is 2.26. The van der Waals surface area contributed by atoms with Crippen molar-refractivity contribution < 1.29 is 14.6 Å². The molecule has 0 radical (unpaired) electrons. The molecule has 3 aromatic rings. The first-order valence-corrected chi connectivity index (χ1v) is 8.78. The number of aromatic amines is 1. The van der Waals surface area contributed by atoms with Gasteiger partial charge in [-0.25, -0.2) is 0 Å². The van der Waals surface area contributed by atoms with Gasteiger partial charge in [0.25, 0.3) is 0 Å². The summed E-state index contributed by atoms with van der Waals surface area (Å²) in [5.41, 5.74) is 4.12. The molecule has 140 valence electrons. The molecule has 5 heteroatoms. The monoisotopic (exact) mass is 364 g/mol. The maximum Gasteiger partial charge on any atom is 0.186 e. The van der Waals surface area contributed by atoms with Crippen LogP contribution >= 0.6 is 0 Å². The number of hydrogen-bond donors (Lipinski definition) is 2. The van der Waals surface area contributed by atoms with E-state index in [1.54, 1.807) is 18.2 Å². The van der Waals surface area contributed by atoms with Crippen molar-refractivity contribution in [2.45, 2.75) is 20.8 Å². The lowest BCUT2D eigenvalue weighted by Crippen LogP contribution is -1.94. The second-order valence-corrected chi connectivity index (χ2v) is 5.66. The second-order valence-electron chi connectivity index (χ2n) is 5.66. The average molecular weight is 364 g/mol. The van der Waals surface area contributed by atoms with Crippen molar-refractivity contribution in [2.75, 3.05) is 7.11 Å². The predicted octanol–water partition coefficient (Wildman–Crippen LogP) is 5.02. The number of hydrogen-bond acceptors (Lipinski definition) is 4. The van der Waals surface area contributed by atoms with Crippen LogP contribution in [0.1, 0.15) is 35.5 Å². The van der Waals surface area contributed by atoms with Crippen molar-refractivity contribution in [3.63, 3.8) is 0 Å². The van der Waals surface area contributed by atoms with E-state index in [0.29, 0.717) is 11.3 Å². The number of benzene rings is 2. The number of aryl methyl sites for hydroxylation is 1. The molecule has 0 aliphatic carbocycles. The van der Waals surface area contributed by atoms with Crippen LogP contribution in [0.2, 0.25) is 0 Å². The minimum absolute atomic E-state index is 0.0649. The largest absolute Gasteiger partial charge is 0.504 e. The minimum atomic E-state index is -0.218. The van der Waals surface area contributed by atoms with E-state index in [1.165, 1.54) is 24.8 Å². The number of nitrogens with one attached hydrogen (secondary N) is 1. The standard InChI is InChI=1S/C20H18N2O3.C2H6/c1-13-3-5-14(6-4-13)17-12-16(21-22-17)8-9-18(23)15-7-10-20(25-2)19(24)11-15;1-2/h3-12,24H,1-2H3,(H,21,22);1-2H3/b9-8+;. The van der Waals surface area contributed by atoms with Crippen molar-refractivity contribution in [3.8, 4) is 22.8 Å². The molecule has 0 spiro atoms. The van der Waals surface area contributed by atoms with Crippen LogP contribution in [-0.4, -0.2) is 28.2 Å². The Morgan fingerprint density at radius 3 is 2.44 bits per heavy atom. The van der Waals surface area contributed by atoms with E-state index in [2.05, 4.69) is 10.2 Å². The quantitative estimate of drug-likeness (QED) is 0.492. The summed E-state index contributed by atoms with van der Waals surface area (Å²) in [7, 11) is 1.46. The zero-order valence-corrected chi connectivity index (χ0v) is 16.0. The Morgan fingerprint density at radius 1 is 1.11 bits per heavy atom. The molecule has 0 saturated heterocycles. The van der Waals surface area contributed by atoms with Crippen molar-refractivity contribution >= 4 is 11.9 Å². The van der Waals surface area contributed by atoms with Gasteiger partial charge in [-0.2, -0.15) is 5.10 Å². The smallest absolute Gasteiger partial charge is 0.186 e. The Labute approximate surface area is 159 Å². The normalized spacial score (nSPS) is 10.4. The summed E-state index contributed by atoms with van der Waals surface area (Å²) < 4.78 is 4.97. The molecule has 3 rings (SSSR count). The summed E-state index contributed by atoms with van der Waals surface area (Å²) in [4.78, 5) is 12.2. The SMILES string of the molecule is CC.COc1ccc(C(=O)/C=C/c2cc(-c3ccc(C)cc3)n[nH]2)cc1O. The molecule has 1 heterocycles. The number of ether oxygens (including phenoxy) is 1. The Hall–Kier alpha value is -3.34. The lowest BCUT2D eigenvalue weighted by atomic mass is 10.1. The highest BCUT2D eigenvalue weighted by molar-refractivity contribution is 6.07. The topological polar surface area (TPSA) is 75.2 Å². The van der Waals surface area contributed by atoms with Gasteiger partial charge in [-0.15, -0.1) is 0 Å². The van der Waals surface area contributed by atoms with E-state index in [9.17, 15) is 9.90 Å². The maximum absolute atomic E-state index is 12.2. The first-order valence-electron chi connectivity index (χ1n) is 8.78. The van der Waals surface area contributed by atoms with Gasteiger partial charge in [0, 0.05) is 11.1 Å². The summed E-state index contributed by atoms with van der Waals surface area (Å²) in [6.45, 7) is 6.03. The molecule has 0 amide bonds. The number of aromatic nitrogens is 2. The summed E-state index contributed by atoms with van der Waals surface area (Å²) >= 11 is 0. The van der Waals surface area contributed by atoms with Crippen LogP contribution in [0.15, 0.2) is 54.6 Å². The molecule has 0 bridgehead atoms. The number of phenolic OH excluding ortho intramolecular Hbond substituents is 1. The molecule has 27 heavy (non-hydrogen) atoms. The Morgan fingerprint density at radius 2 is 1.81 bits per heavy atom. The van der Waals surface area contributed by atoms with E-state index in [4.69, 9.17) is 4.74 Å². The highest BCUT2D eigenvalue weighted by atomic mass is 16.5. The van der Waals surface area contributed by atoms with Crippen LogP contribution < -0.4 is 4.74 Å². The summed E-state index contributed by atoms with van der Waals surface area (Å²) in [5, 5.41) is 16.9. The molecule has 2 aromatic carbocycles. The van der Waals surface area contributed by atoms with Gasteiger partial charge in [0.1, 0.15) is 0 Å². The van der Waals surface area contributed by atoms with Crippen molar-refractivity contribution in [1.82, 2.24) is 10.2 Å². The number of carbonyl (C=O) groups is 1. The van der Waals surface area contributed by atoms with Gasteiger partial charge >= 0.3 is 0 Å². The number of phenols is 1. The van der Waals surface area contributed by atoms with Crippen LogP contribution in [0.3, 0.4) is 0 Å². The molecular weight excluding hydrogens is 340 g/mol. The Bertz CT molecular complexity index is 925. The zero-order valence-electron chi connectivity index (χ0n) is 16.0. The molecule has 2 N–H and O–H groups in total. The van der Waals surface area contributed by atoms with Gasteiger partial charge < -0.3 is 9.84 Å². The van der Waals surface area contributed by atoms with E-state index in [1.807, 2.05) is 51.1 Å². The van der Waals surface area contributed by atoms with Gasteiger partial charge in [0.15, 0.2) is 17.3 Å². The Balaban J connectivity index is 0.00000126. The van der Waals surface area contributed by atoms with E-state index in [0.717, 1.165) is 17.0 Å². The van der Waals surface area contributed by atoms with E-state index >= 15 is 0 Å². The van der Waals surface area contributed by atoms with Gasteiger partial charge in [-0.1, -0.05) is 43.7 Å². The van der Waals surface area contributed by atoms with Crippen LogP contribution in [0, 0.1) is 6.92 Å². The number of methoxy groups -OCH3 is 1. The summed E-state index contributed by atoms with van der Waals surface area (Å²) in [6, 6.07) is 14.5. The third-order valence-electron chi connectivity index (χ3n) is 3.82. The molecule has 1 aromatic heterocycles. The first-order chi connectivity index (χ1) is 13.1. The lowest BCUT2D eigenvalue weighted by Gasteiger charge is -2.03. The summed E-state index contributed by atoms with van der Waals surface area (Å²) in [5.74, 6) is 0.0474. The van der Waals surface area contributed by atoms with Gasteiger partial charge in [0.05, 0.1) is 18.5 Å². The minimum Gasteiger partial charge on any atom is -0.504 e. The van der Waals surface area contributed by atoms with E-state index < -0.39 is 0 Å². The molecule has 0 aliphatic rings. The highest BCUT2D eigenvalue weighted by Gasteiger charge is 2.08. The molecule has 5 nitrogen and oxygen atoms in total. The van der Waals surface area contributed by atoms with Crippen LogP contribution in [-0.2, 0) is 0 Å². The van der Waals surface area contributed by atoms with Crippen molar-refractivity contribution in [3.05, 3.63) is 71.4 Å². The third-order valence-corrected chi connectivity index (χ3v) is 3.82. The Kier molecular flexibility index (Phi) is 6.94. The molecule has 0 saturated carbocycles. The number of allylic oxidation sites excluding steroid dienone is 1. The van der Waals surface area contributed by atoms with Gasteiger partial charge in [-0.3, -0.25) is 9.89 Å². The summed E-state index contributed by atoms with van der Waals surface area (Å²) in [6.07, 6.45) is 3.10. The molecule has 0 atom stereocenters. The number of nitrogens with zero attached hydrogens (tertiary/aromatic N) is 1. The fraction of sp³-hybridized carbons (Fsp3) is 0.182. The molecule has 0 fully saturated rings. The predicted molar refractivity (Wildman–Crippen MR) is 108 cm³/mol. The second kappa shape index (κ2) is 9.38. The number of ketones is 1. The van der Waals surface area contributed by atoms with Gasteiger partial charge in [0.2, 0.25) is 0 Å². The van der Waals surface area contributed by atoms with Crippen LogP contribution in [0.25, 0.3) is 17.3 Å². The van der Waals surface area contributed by atoms with Crippen molar-refractivity contribution in [1.29, 1.82) is 0 Å². The fourth-order valence-corrected chi connectivity index (χ4v) is 2.40. The zero-order chi connectivity index (χ0) is 19.8. The number of aromatic hydroxyl groups is 1. The van der Waals surface area contributed by atoms with Crippen molar-refractivity contribution in [2.24, 2.45) is 0 Å². The lowest BCUT2D eigenvalue weighted by molar-refractivity contribution is 0.104. The molecule has 0 unspecified atom stereocenters.